The summed E-state index contributed by atoms with van der Waals surface area (Å²) in [6.45, 7) is 1.98. The van der Waals surface area contributed by atoms with Crippen molar-refractivity contribution in [1.29, 1.82) is 0 Å². The van der Waals surface area contributed by atoms with Gasteiger partial charge in [0.05, 0.1) is 17.3 Å². The summed E-state index contributed by atoms with van der Waals surface area (Å²) < 4.78 is 1.89. The maximum Gasteiger partial charge on any atom is 0.268 e. The zero-order valence-electron chi connectivity index (χ0n) is 12.7. The standard InChI is InChI=1S/C15H13N7OS/c1-2-10-11(24-15(19-10)22-5-3-4-6-22)14(23)20-12-9-7-18-21-13(9)17-8-16-12/h3-8H,2H2,1H3,(H2,16,17,18,20,21,23). The normalized spacial score (nSPS) is 11.0. The predicted octanol–water partition coefficient (Wildman–Crippen LogP) is 2.41. The molecule has 0 atom stereocenters. The van der Waals surface area contributed by atoms with E-state index in [1.807, 2.05) is 36.0 Å². The van der Waals surface area contributed by atoms with Gasteiger partial charge in [0.2, 0.25) is 0 Å². The summed E-state index contributed by atoms with van der Waals surface area (Å²) in [6, 6.07) is 3.84. The van der Waals surface area contributed by atoms with Gasteiger partial charge < -0.3 is 9.88 Å². The van der Waals surface area contributed by atoms with Gasteiger partial charge in [0.15, 0.2) is 10.8 Å². The summed E-state index contributed by atoms with van der Waals surface area (Å²) in [7, 11) is 0. The van der Waals surface area contributed by atoms with E-state index in [2.05, 4.69) is 30.5 Å². The molecule has 0 bridgehead atoms. The molecule has 4 heterocycles. The molecule has 0 spiro atoms. The number of nitrogens with zero attached hydrogens (tertiary/aromatic N) is 5. The third-order valence-corrected chi connectivity index (χ3v) is 4.64. The molecule has 0 saturated carbocycles. The monoisotopic (exact) mass is 339 g/mol. The summed E-state index contributed by atoms with van der Waals surface area (Å²) in [5, 5.41) is 10.9. The minimum Gasteiger partial charge on any atom is -0.305 e. The fourth-order valence-corrected chi connectivity index (χ4v) is 3.37. The Morgan fingerprint density at radius 1 is 1.33 bits per heavy atom. The fourth-order valence-electron chi connectivity index (χ4n) is 2.36. The summed E-state index contributed by atoms with van der Waals surface area (Å²) >= 11 is 1.35. The average Bonchev–Trinajstić information content (AvgIpc) is 3.33. The van der Waals surface area contributed by atoms with E-state index in [1.165, 1.54) is 17.7 Å². The quantitative estimate of drug-likeness (QED) is 0.594. The molecule has 0 aliphatic rings. The Morgan fingerprint density at radius 3 is 2.96 bits per heavy atom. The predicted molar refractivity (Wildman–Crippen MR) is 90.5 cm³/mol. The van der Waals surface area contributed by atoms with Crippen LogP contribution in [0, 0.1) is 0 Å². The van der Waals surface area contributed by atoms with Crippen molar-refractivity contribution in [3.05, 3.63) is 47.6 Å². The van der Waals surface area contributed by atoms with Gasteiger partial charge in [-0.3, -0.25) is 9.89 Å². The number of aromatic nitrogens is 6. The highest BCUT2D eigenvalue weighted by atomic mass is 32.1. The Bertz CT molecular complexity index is 1000. The molecule has 0 unspecified atom stereocenters. The number of anilines is 1. The summed E-state index contributed by atoms with van der Waals surface area (Å²) in [4.78, 5) is 26.0. The van der Waals surface area contributed by atoms with Crippen LogP contribution in [0.25, 0.3) is 16.2 Å². The molecule has 0 aromatic carbocycles. The fraction of sp³-hybridized carbons (Fsp3) is 0.133. The molecule has 0 aliphatic carbocycles. The van der Waals surface area contributed by atoms with Crippen molar-refractivity contribution in [3.63, 3.8) is 0 Å². The molecule has 0 aliphatic heterocycles. The Hall–Kier alpha value is -3.07. The van der Waals surface area contributed by atoms with E-state index in [1.54, 1.807) is 6.20 Å². The van der Waals surface area contributed by atoms with Crippen LogP contribution in [-0.2, 0) is 6.42 Å². The largest absolute Gasteiger partial charge is 0.305 e. The molecule has 0 saturated heterocycles. The average molecular weight is 339 g/mol. The van der Waals surface area contributed by atoms with E-state index < -0.39 is 0 Å². The van der Waals surface area contributed by atoms with E-state index in [4.69, 9.17) is 0 Å². The van der Waals surface area contributed by atoms with E-state index in [0.29, 0.717) is 28.1 Å². The summed E-state index contributed by atoms with van der Waals surface area (Å²) in [6.07, 6.45) is 7.45. The van der Waals surface area contributed by atoms with Crippen molar-refractivity contribution in [2.75, 3.05) is 5.32 Å². The molecule has 9 heteroatoms. The lowest BCUT2D eigenvalue weighted by atomic mass is 10.3. The SMILES string of the molecule is CCc1nc(-n2cccc2)sc1C(=O)Nc1ncnc2[nH]ncc12. The van der Waals surface area contributed by atoms with Gasteiger partial charge in [-0.1, -0.05) is 18.3 Å². The second kappa shape index (κ2) is 5.85. The van der Waals surface area contributed by atoms with Crippen molar-refractivity contribution in [3.8, 4) is 5.13 Å². The third kappa shape index (κ3) is 2.44. The van der Waals surface area contributed by atoms with E-state index >= 15 is 0 Å². The van der Waals surface area contributed by atoms with E-state index in [0.717, 1.165) is 10.8 Å². The van der Waals surface area contributed by atoms with Gasteiger partial charge in [0.1, 0.15) is 17.0 Å². The number of carbonyl (C=O) groups excluding carboxylic acids is 1. The number of thiazole rings is 1. The maximum absolute atomic E-state index is 12.7. The van der Waals surface area contributed by atoms with Gasteiger partial charge >= 0.3 is 0 Å². The Morgan fingerprint density at radius 2 is 2.17 bits per heavy atom. The lowest BCUT2D eigenvalue weighted by Gasteiger charge is -2.04. The first-order chi connectivity index (χ1) is 11.8. The van der Waals surface area contributed by atoms with Crippen LogP contribution in [0.5, 0.6) is 0 Å². The molecule has 4 aromatic heterocycles. The highest BCUT2D eigenvalue weighted by molar-refractivity contribution is 7.16. The van der Waals surface area contributed by atoms with Crippen molar-refractivity contribution < 1.29 is 4.79 Å². The number of nitrogens with one attached hydrogen (secondary N) is 2. The lowest BCUT2D eigenvalue weighted by molar-refractivity contribution is 0.102. The number of aryl methyl sites for hydroxylation is 1. The first-order valence-corrected chi connectivity index (χ1v) is 8.16. The van der Waals surface area contributed by atoms with Crippen LogP contribution < -0.4 is 5.32 Å². The van der Waals surface area contributed by atoms with Crippen LogP contribution in [-0.4, -0.2) is 35.6 Å². The molecule has 0 fully saturated rings. The van der Waals surface area contributed by atoms with Crippen LogP contribution in [0.1, 0.15) is 22.3 Å². The zero-order valence-corrected chi connectivity index (χ0v) is 13.5. The maximum atomic E-state index is 12.7. The van der Waals surface area contributed by atoms with Gasteiger partial charge in [-0.2, -0.15) is 5.10 Å². The topological polar surface area (TPSA) is 101 Å². The number of rotatable bonds is 4. The van der Waals surface area contributed by atoms with Gasteiger partial charge in [0.25, 0.3) is 5.91 Å². The number of aromatic amines is 1. The van der Waals surface area contributed by atoms with Crippen LogP contribution >= 0.6 is 11.3 Å². The number of hydrogen-bond donors (Lipinski definition) is 2. The lowest BCUT2D eigenvalue weighted by Crippen LogP contribution is -2.13. The molecule has 4 aromatic rings. The van der Waals surface area contributed by atoms with Crippen LogP contribution in [0.3, 0.4) is 0 Å². The molecule has 0 radical (unpaired) electrons. The third-order valence-electron chi connectivity index (χ3n) is 3.53. The molecular weight excluding hydrogens is 326 g/mol. The number of amides is 1. The highest BCUT2D eigenvalue weighted by Crippen LogP contribution is 2.25. The molecule has 4 rings (SSSR count). The number of hydrogen-bond acceptors (Lipinski definition) is 6. The van der Waals surface area contributed by atoms with Crippen molar-refractivity contribution >= 4 is 34.1 Å². The van der Waals surface area contributed by atoms with Gasteiger partial charge in [-0.05, 0) is 18.6 Å². The van der Waals surface area contributed by atoms with E-state index in [-0.39, 0.29) is 5.91 Å². The smallest absolute Gasteiger partial charge is 0.268 e. The Balaban J connectivity index is 1.68. The summed E-state index contributed by atoms with van der Waals surface area (Å²) in [5.41, 5.74) is 1.34. The van der Waals surface area contributed by atoms with Crippen LogP contribution in [0.4, 0.5) is 5.82 Å². The molecular formula is C15H13N7OS. The second-order valence-corrected chi connectivity index (χ2v) is 6.00. The molecule has 8 nitrogen and oxygen atoms in total. The molecule has 24 heavy (non-hydrogen) atoms. The number of H-pyrrole nitrogens is 1. The number of fused-ring (bicyclic) bond motifs is 1. The Labute approximate surface area is 140 Å². The molecule has 2 N–H and O–H groups in total. The molecule has 1 amide bonds. The first kappa shape index (κ1) is 14.5. The van der Waals surface area contributed by atoms with Gasteiger partial charge in [-0.25, -0.2) is 15.0 Å². The Kier molecular flexibility index (Phi) is 3.54. The van der Waals surface area contributed by atoms with Crippen molar-refractivity contribution in [1.82, 2.24) is 29.7 Å². The van der Waals surface area contributed by atoms with Gasteiger partial charge in [-0.15, -0.1) is 0 Å². The zero-order chi connectivity index (χ0) is 16.5. The van der Waals surface area contributed by atoms with Crippen LogP contribution in [0.2, 0.25) is 0 Å². The van der Waals surface area contributed by atoms with Crippen molar-refractivity contribution in [2.24, 2.45) is 0 Å². The second-order valence-electron chi connectivity index (χ2n) is 5.02. The van der Waals surface area contributed by atoms with Gasteiger partial charge in [0, 0.05) is 12.4 Å². The first-order valence-electron chi connectivity index (χ1n) is 7.34. The minimum absolute atomic E-state index is 0.232. The van der Waals surface area contributed by atoms with Crippen LogP contribution in [0.15, 0.2) is 37.1 Å². The molecule has 120 valence electrons. The van der Waals surface area contributed by atoms with Crippen molar-refractivity contribution in [2.45, 2.75) is 13.3 Å². The summed E-state index contributed by atoms with van der Waals surface area (Å²) in [5.74, 6) is 0.195. The van der Waals surface area contributed by atoms with E-state index in [9.17, 15) is 4.79 Å². The minimum atomic E-state index is -0.232. The number of carbonyl (C=O) groups is 1. The highest BCUT2D eigenvalue weighted by Gasteiger charge is 2.19.